The Kier molecular flexibility index (Phi) is 5.01. The zero-order valence-corrected chi connectivity index (χ0v) is 11.2. The van der Waals surface area contributed by atoms with Crippen molar-refractivity contribution in [3.63, 3.8) is 0 Å². The maximum Gasteiger partial charge on any atom is 0.341 e. The standard InChI is InChI=1S/C13H16ClNO4/c14-12-2-1-11(19-9-13(16)17)7-10(12)8-15-3-5-18-6-4-15/h1-2,7H,3-6,8-9H2,(H,16,17). The Morgan fingerprint density at radius 3 is 2.84 bits per heavy atom. The van der Waals surface area contributed by atoms with Gasteiger partial charge in [-0.2, -0.15) is 0 Å². The molecule has 1 saturated heterocycles. The van der Waals surface area contributed by atoms with E-state index in [-0.39, 0.29) is 6.61 Å². The lowest BCUT2D eigenvalue weighted by Crippen LogP contribution is -2.35. The smallest absolute Gasteiger partial charge is 0.341 e. The molecule has 1 fully saturated rings. The summed E-state index contributed by atoms with van der Waals surface area (Å²) in [4.78, 5) is 12.7. The summed E-state index contributed by atoms with van der Waals surface area (Å²) in [5.41, 5.74) is 0.937. The predicted octanol–water partition coefficient (Wildman–Crippen LogP) is 1.64. The number of carboxylic acid groups (broad SMARTS) is 1. The van der Waals surface area contributed by atoms with Gasteiger partial charge in [0, 0.05) is 24.7 Å². The zero-order chi connectivity index (χ0) is 13.7. The number of morpholine rings is 1. The lowest BCUT2D eigenvalue weighted by Gasteiger charge is -2.27. The molecule has 1 aliphatic rings. The highest BCUT2D eigenvalue weighted by atomic mass is 35.5. The Labute approximate surface area is 116 Å². The van der Waals surface area contributed by atoms with Crippen molar-refractivity contribution in [2.45, 2.75) is 6.54 Å². The summed E-state index contributed by atoms with van der Waals surface area (Å²) in [6, 6.07) is 5.20. The van der Waals surface area contributed by atoms with E-state index in [9.17, 15) is 4.79 Å². The van der Waals surface area contributed by atoms with Crippen LogP contribution in [0, 0.1) is 0 Å². The molecule has 1 aromatic carbocycles. The van der Waals surface area contributed by atoms with Crippen molar-refractivity contribution in [2.24, 2.45) is 0 Å². The fraction of sp³-hybridized carbons (Fsp3) is 0.462. The Morgan fingerprint density at radius 1 is 1.42 bits per heavy atom. The summed E-state index contributed by atoms with van der Waals surface area (Å²) < 4.78 is 10.4. The average Bonchev–Trinajstić information content (AvgIpc) is 2.41. The van der Waals surface area contributed by atoms with E-state index in [2.05, 4.69) is 4.90 Å². The van der Waals surface area contributed by atoms with Gasteiger partial charge < -0.3 is 14.6 Å². The molecule has 1 heterocycles. The summed E-state index contributed by atoms with van der Waals surface area (Å²) in [5.74, 6) is -0.472. The molecular weight excluding hydrogens is 270 g/mol. The van der Waals surface area contributed by atoms with E-state index >= 15 is 0 Å². The molecule has 1 aliphatic heterocycles. The second-order valence-corrected chi connectivity index (χ2v) is 4.73. The molecule has 0 atom stereocenters. The summed E-state index contributed by atoms with van der Waals surface area (Å²) in [7, 11) is 0. The van der Waals surface area contributed by atoms with Gasteiger partial charge in [-0.15, -0.1) is 0 Å². The minimum atomic E-state index is -0.996. The first-order valence-electron chi connectivity index (χ1n) is 6.08. The minimum Gasteiger partial charge on any atom is -0.482 e. The molecule has 0 amide bonds. The van der Waals surface area contributed by atoms with Crippen molar-refractivity contribution in [3.8, 4) is 5.75 Å². The van der Waals surface area contributed by atoms with E-state index in [1.54, 1.807) is 18.2 Å². The number of halogens is 1. The van der Waals surface area contributed by atoms with Crippen molar-refractivity contribution in [1.29, 1.82) is 0 Å². The number of ether oxygens (including phenoxy) is 2. The SMILES string of the molecule is O=C(O)COc1ccc(Cl)c(CN2CCOCC2)c1. The number of hydrogen-bond acceptors (Lipinski definition) is 4. The zero-order valence-electron chi connectivity index (χ0n) is 10.5. The van der Waals surface area contributed by atoms with Crippen molar-refractivity contribution < 1.29 is 19.4 Å². The van der Waals surface area contributed by atoms with Crippen molar-refractivity contribution in [1.82, 2.24) is 4.90 Å². The largest absolute Gasteiger partial charge is 0.482 e. The third-order valence-corrected chi connectivity index (χ3v) is 3.25. The van der Waals surface area contributed by atoms with Gasteiger partial charge in [0.25, 0.3) is 0 Å². The molecule has 0 spiro atoms. The molecule has 0 aliphatic carbocycles. The van der Waals surface area contributed by atoms with Crippen LogP contribution in [-0.2, 0) is 16.1 Å². The van der Waals surface area contributed by atoms with Crippen LogP contribution in [0.15, 0.2) is 18.2 Å². The van der Waals surface area contributed by atoms with Crippen molar-refractivity contribution in [3.05, 3.63) is 28.8 Å². The molecule has 0 aromatic heterocycles. The van der Waals surface area contributed by atoms with Crippen LogP contribution in [-0.4, -0.2) is 48.9 Å². The van der Waals surface area contributed by atoms with Gasteiger partial charge in [0.1, 0.15) is 5.75 Å². The van der Waals surface area contributed by atoms with Crippen LogP contribution in [0.3, 0.4) is 0 Å². The predicted molar refractivity (Wildman–Crippen MR) is 70.7 cm³/mol. The molecule has 1 N–H and O–H groups in total. The Hall–Kier alpha value is -1.30. The van der Waals surface area contributed by atoms with Crippen LogP contribution in [0.5, 0.6) is 5.75 Å². The molecule has 0 bridgehead atoms. The first-order chi connectivity index (χ1) is 9.15. The fourth-order valence-electron chi connectivity index (χ4n) is 1.91. The molecule has 5 nitrogen and oxygen atoms in total. The van der Waals surface area contributed by atoms with Crippen LogP contribution in [0.25, 0.3) is 0 Å². The number of carbonyl (C=O) groups is 1. The topological polar surface area (TPSA) is 59.0 Å². The number of nitrogens with zero attached hydrogens (tertiary/aromatic N) is 1. The number of hydrogen-bond donors (Lipinski definition) is 1. The van der Waals surface area contributed by atoms with Gasteiger partial charge >= 0.3 is 5.97 Å². The van der Waals surface area contributed by atoms with E-state index in [4.69, 9.17) is 26.2 Å². The van der Waals surface area contributed by atoms with E-state index in [1.165, 1.54) is 0 Å². The first-order valence-corrected chi connectivity index (χ1v) is 6.46. The minimum absolute atomic E-state index is 0.349. The number of benzene rings is 1. The van der Waals surface area contributed by atoms with Gasteiger partial charge in [0.2, 0.25) is 0 Å². The summed E-state index contributed by atoms with van der Waals surface area (Å²) in [6.07, 6.45) is 0. The van der Waals surface area contributed by atoms with Gasteiger partial charge in [-0.05, 0) is 23.8 Å². The quantitative estimate of drug-likeness (QED) is 0.891. The van der Waals surface area contributed by atoms with Crippen LogP contribution in [0.1, 0.15) is 5.56 Å². The summed E-state index contributed by atoms with van der Waals surface area (Å²) in [6.45, 7) is 3.57. The third kappa shape index (κ3) is 4.38. The lowest BCUT2D eigenvalue weighted by molar-refractivity contribution is -0.139. The second kappa shape index (κ2) is 6.75. The molecule has 2 rings (SSSR count). The van der Waals surface area contributed by atoms with Crippen LogP contribution in [0.2, 0.25) is 5.02 Å². The Balaban J connectivity index is 2.01. The molecule has 6 heteroatoms. The van der Waals surface area contributed by atoms with Gasteiger partial charge in [0.05, 0.1) is 13.2 Å². The maximum atomic E-state index is 10.5. The van der Waals surface area contributed by atoms with Gasteiger partial charge in [-0.3, -0.25) is 4.90 Å². The van der Waals surface area contributed by atoms with Gasteiger partial charge in [0.15, 0.2) is 6.61 Å². The molecule has 0 radical (unpaired) electrons. The maximum absolute atomic E-state index is 10.5. The third-order valence-electron chi connectivity index (χ3n) is 2.88. The molecule has 0 unspecified atom stereocenters. The number of rotatable bonds is 5. The van der Waals surface area contributed by atoms with Crippen molar-refractivity contribution >= 4 is 17.6 Å². The number of aliphatic carboxylic acids is 1. The second-order valence-electron chi connectivity index (χ2n) is 4.32. The van der Waals surface area contributed by atoms with Crippen LogP contribution < -0.4 is 4.74 Å². The van der Waals surface area contributed by atoms with E-state index < -0.39 is 5.97 Å². The van der Waals surface area contributed by atoms with Crippen LogP contribution >= 0.6 is 11.6 Å². The highest BCUT2D eigenvalue weighted by Gasteiger charge is 2.13. The van der Waals surface area contributed by atoms with Gasteiger partial charge in [-0.25, -0.2) is 4.79 Å². The highest BCUT2D eigenvalue weighted by Crippen LogP contribution is 2.23. The molecule has 1 aromatic rings. The monoisotopic (exact) mass is 285 g/mol. The van der Waals surface area contributed by atoms with E-state index in [1.807, 2.05) is 0 Å². The number of carboxylic acids is 1. The molecule has 0 saturated carbocycles. The molecule has 104 valence electrons. The summed E-state index contributed by atoms with van der Waals surface area (Å²) in [5, 5.41) is 9.25. The highest BCUT2D eigenvalue weighted by molar-refractivity contribution is 6.31. The summed E-state index contributed by atoms with van der Waals surface area (Å²) >= 11 is 6.15. The lowest BCUT2D eigenvalue weighted by atomic mass is 10.2. The van der Waals surface area contributed by atoms with Gasteiger partial charge in [-0.1, -0.05) is 11.6 Å². The molecule has 19 heavy (non-hydrogen) atoms. The fourth-order valence-corrected chi connectivity index (χ4v) is 2.08. The Bertz CT molecular complexity index is 446. The average molecular weight is 286 g/mol. The van der Waals surface area contributed by atoms with E-state index in [0.717, 1.165) is 31.9 Å². The Morgan fingerprint density at radius 2 is 2.16 bits per heavy atom. The van der Waals surface area contributed by atoms with Crippen LogP contribution in [0.4, 0.5) is 0 Å². The molecular formula is C13H16ClNO4. The normalized spacial score (nSPS) is 16.3. The van der Waals surface area contributed by atoms with Crippen molar-refractivity contribution in [2.75, 3.05) is 32.9 Å². The van der Waals surface area contributed by atoms with E-state index in [0.29, 0.717) is 17.3 Å². The first kappa shape index (κ1) is 14.1.